The number of hydrogen-bond donors (Lipinski definition) is 1. The van der Waals surface area contributed by atoms with Gasteiger partial charge >= 0.3 is 0 Å². The van der Waals surface area contributed by atoms with Crippen molar-refractivity contribution in [1.29, 1.82) is 0 Å². The molecular formula is C17H26N2O2. The van der Waals surface area contributed by atoms with Crippen molar-refractivity contribution in [2.45, 2.75) is 38.3 Å². The second kappa shape index (κ2) is 8.15. The van der Waals surface area contributed by atoms with E-state index in [4.69, 9.17) is 4.74 Å². The number of likely N-dealkylation sites (N-methyl/N-ethyl adjacent to an activating group) is 1. The predicted octanol–water partition coefficient (Wildman–Crippen LogP) is 2.36. The number of ether oxygens (including phenoxy) is 1. The van der Waals surface area contributed by atoms with Gasteiger partial charge in [0.2, 0.25) is 0 Å². The van der Waals surface area contributed by atoms with E-state index < -0.39 is 6.10 Å². The molecule has 2 rings (SSSR count). The van der Waals surface area contributed by atoms with Gasteiger partial charge in [0.25, 0.3) is 5.91 Å². The second-order valence-corrected chi connectivity index (χ2v) is 5.55. The van der Waals surface area contributed by atoms with Crippen molar-refractivity contribution in [1.82, 2.24) is 10.2 Å². The van der Waals surface area contributed by atoms with E-state index in [1.165, 1.54) is 12.8 Å². The minimum Gasteiger partial charge on any atom is -0.367 e. The van der Waals surface area contributed by atoms with Crippen molar-refractivity contribution >= 4 is 5.91 Å². The van der Waals surface area contributed by atoms with Crippen LogP contribution in [0.4, 0.5) is 0 Å². The van der Waals surface area contributed by atoms with Crippen molar-refractivity contribution in [2.24, 2.45) is 0 Å². The topological polar surface area (TPSA) is 41.6 Å². The Morgan fingerprint density at radius 3 is 2.71 bits per heavy atom. The van der Waals surface area contributed by atoms with E-state index in [1.54, 1.807) is 7.11 Å². The molecule has 0 spiro atoms. The molecule has 1 aliphatic heterocycles. The fourth-order valence-electron chi connectivity index (χ4n) is 2.89. The fourth-order valence-corrected chi connectivity index (χ4v) is 2.89. The van der Waals surface area contributed by atoms with Crippen LogP contribution in [0.25, 0.3) is 0 Å². The summed E-state index contributed by atoms with van der Waals surface area (Å²) in [4.78, 5) is 14.7. The molecule has 0 bridgehead atoms. The van der Waals surface area contributed by atoms with Crippen LogP contribution in [0.5, 0.6) is 0 Å². The Bertz CT molecular complexity index is 430. The fraction of sp³-hybridized carbons (Fsp3) is 0.588. The molecule has 1 aromatic rings. The first kappa shape index (κ1) is 16.0. The van der Waals surface area contributed by atoms with E-state index in [0.717, 1.165) is 25.1 Å². The summed E-state index contributed by atoms with van der Waals surface area (Å²) >= 11 is 0. The smallest absolute Gasteiger partial charge is 0.256 e. The summed E-state index contributed by atoms with van der Waals surface area (Å²) in [5.41, 5.74) is 0.917. The largest absolute Gasteiger partial charge is 0.367 e. The summed E-state index contributed by atoms with van der Waals surface area (Å²) in [5, 5.41) is 3.50. The summed E-state index contributed by atoms with van der Waals surface area (Å²) in [6, 6.07) is 10.1. The average molecular weight is 290 g/mol. The highest BCUT2D eigenvalue weighted by Gasteiger charge is 2.27. The van der Waals surface area contributed by atoms with Crippen LogP contribution in [-0.4, -0.2) is 43.6 Å². The van der Waals surface area contributed by atoms with Gasteiger partial charge in [-0.15, -0.1) is 0 Å². The van der Waals surface area contributed by atoms with Gasteiger partial charge in [0.15, 0.2) is 6.10 Å². The maximum absolute atomic E-state index is 12.8. The number of nitrogens with one attached hydrogen (secondary N) is 1. The van der Waals surface area contributed by atoms with Gasteiger partial charge in [0.1, 0.15) is 0 Å². The number of nitrogens with zero attached hydrogens (tertiary/aromatic N) is 1. The van der Waals surface area contributed by atoms with Gasteiger partial charge in [-0.1, -0.05) is 36.8 Å². The summed E-state index contributed by atoms with van der Waals surface area (Å²) in [6.07, 6.45) is 3.12. The first-order chi connectivity index (χ1) is 10.3. The Balaban J connectivity index is 2.03. The molecule has 1 fully saturated rings. The lowest BCUT2D eigenvalue weighted by molar-refractivity contribution is -0.142. The maximum Gasteiger partial charge on any atom is 0.256 e. The van der Waals surface area contributed by atoms with Crippen LogP contribution in [0, 0.1) is 0 Å². The van der Waals surface area contributed by atoms with Gasteiger partial charge < -0.3 is 15.0 Å². The molecule has 1 heterocycles. The zero-order valence-corrected chi connectivity index (χ0v) is 13.0. The minimum atomic E-state index is -0.505. The molecule has 2 unspecified atom stereocenters. The second-order valence-electron chi connectivity index (χ2n) is 5.55. The van der Waals surface area contributed by atoms with Gasteiger partial charge in [-0.3, -0.25) is 4.79 Å². The number of benzene rings is 1. The third-order valence-corrected chi connectivity index (χ3v) is 4.11. The van der Waals surface area contributed by atoms with Crippen LogP contribution in [-0.2, 0) is 9.53 Å². The molecule has 4 heteroatoms. The molecule has 1 aliphatic rings. The Hall–Kier alpha value is -1.39. The quantitative estimate of drug-likeness (QED) is 0.874. The van der Waals surface area contributed by atoms with Crippen molar-refractivity contribution in [3.8, 4) is 0 Å². The van der Waals surface area contributed by atoms with Crippen molar-refractivity contribution in [3.05, 3.63) is 35.9 Å². The summed E-state index contributed by atoms with van der Waals surface area (Å²) in [5.74, 6) is 0.0542. The monoisotopic (exact) mass is 290 g/mol. The normalized spacial score (nSPS) is 20.0. The molecule has 1 N–H and O–H groups in total. The van der Waals surface area contributed by atoms with Crippen molar-refractivity contribution < 1.29 is 9.53 Å². The molecule has 0 aliphatic carbocycles. The number of methoxy groups -OCH3 is 1. The van der Waals surface area contributed by atoms with Gasteiger partial charge in [-0.25, -0.2) is 0 Å². The maximum atomic E-state index is 12.8. The molecular weight excluding hydrogens is 264 g/mol. The highest BCUT2D eigenvalue weighted by atomic mass is 16.5. The number of carbonyl (C=O) groups is 1. The van der Waals surface area contributed by atoms with E-state index in [-0.39, 0.29) is 5.91 Å². The van der Waals surface area contributed by atoms with Crippen molar-refractivity contribution in [3.63, 3.8) is 0 Å². The lowest BCUT2D eigenvalue weighted by Gasteiger charge is -2.32. The molecule has 0 saturated carbocycles. The zero-order chi connectivity index (χ0) is 15.1. The molecule has 116 valence electrons. The lowest BCUT2D eigenvalue weighted by atomic mass is 10.0. The first-order valence-corrected chi connectivity index (χ1v) is 7.86. The van der Waals surface area contributed by atoms with Gasteiger partial charge in [0, 0.05) is 26.2 Å². The Morgan fingerprint density at radius 1 is 1.38 bits per heavy atom. The third-order valence-electron chi connectivity index (χ3n) is 4.11. The Labute approximate surface area is 127 Å². The zero-order valence-electron chi connectivity index (χ0n) is 13.0. The minimum absolute atomic E-state index is 0.0542. The highest BCUT2D eigenvalue weighted by molar-refractivity contribution is 5.82. The van der Waals surface area contributed by atoms with Gasteiger partial charge in [0.05, 0.1) is 0 Å². The standard InChI is InChI=1S/C17H26N2O2/c1-3-19(13-15-11-7-8-12-18-15)17(20)16(21-2)14-9-5-4-6-10-14/h4-6,9-10,15-16,18H,3,7-8,11-13H2,1-2H3. The van der Waals surface area contributed by atoms with Crippen LogP contribution in [0.2, 0.25) is 0 Å². The first-order valence-electron chi connectivity index (χ1n) is 7.86. The summed E-state index contributed by atoms with van der Waals surface area (Å²) < 4.78 is 5.46. The van der Waals surface area contributed by atoms with E-state index >= 15 is 0 Å². The number of piperidine rings is 1. The SMILES string of the molecule is CCN(CC1CCCCN1)C(=O)C(OC)c1ccccc1. The van der Waals surface area contributed by atoms with Crippen molar-refractivity contribution in [2.75, 3.05) is 26.7 Å². The predicted molar refractivity (Wildman–Crippen MR) is 84.1 cm³/mol. The van der Waals surface area contributed by atoms with Crippen LogP contribution in [0.15, 0.2) is 30.3 Å². The number of hydrogen-bond acceptors (Lipinski definition) is 3. The molecule has 1 amide bonds. The highest BCUT2D eigenvalue weighted by Crippen LogP contribution is 2.20. The summed E-state index contributed by atoms with van der Waals surface area (Å²) in [6.45, 7) is 4.56. The van der Waals surface area contributed by atoms with Crippen LogP contribution >= 0.6 is 0 Å². The van der Waals surface area contributed by atoms with Gasteiger partial charge in [-0.2, -0.15) is 0 Å². The summed E-state index contributed by atoms with van der Waals surface area (Å²) in [7, 11) is 1.60. The van der Waals surface area contributed by atoms with E-state index in [1.807, 2.05) is 42.2 Å². The molecule has 2 atom stereocenters. The lowest BCUT2D eigenvalue weighted by Crippen LogP contribution is -2.47. The number of rotatable bonds is 6. The molecule has 0 aromatic heterocycles. The average Bonchev–Trinajstić information content (AvgIpc) is 2.55. The molecule has 4 nitrogen and oxygen atoms in total. The van der Waals surface area contributed by atoms with E-state index in [2.05, 4.69) is 5.32 Å². The molecule has 1 aromatic carbocycles. The molecule has 21 heavy (non-hydrogen) atoms. The Morgan fingerprint density at radius 2 is 2.14 bits per heavy atom. The number of carbonyl (C=O) groups excluding carboxylic acids is 1. The number of amides is 1. The van der Waals surface area contributed by atoms with E-state index in [0.29, 0.717) is 12.6 Å². The van der Waals surface area contributed by atoms with Crippen LogP contribution in [0.1, 0.15) is 37.9 Å². The van der Waals surface area contributed by atoms with Gasteiger partial charge in [-0.05, 0) is 31.9 Å². The van der Waals surface area contributed by atoms with Crippen LogP contribution < -0.4 is 5.32 Å². The third kappa shape index (κ3) is 4.29. The molecule has 0 radical (unpaired) electrons. The van der Waals surface area contributed by atoms with E-state index in [9.17, 15) is 4.79 Å². The van der Waals surface area contributed by atoms with Crippen LogP contribution in [0.3, 0.4) is 0 Å². The Kier molecular flexibility index (Phi) is 6.21. The molecule has 1 saturated heterocycles.